The molecule has 1 saturated heterocycles. The van der Waals surface area contributed by atoms with Crippen LogP contribution >= 0.6 is 70.4 Å². The lowest BCUT2D eigenvalue weighted by atomic mass is 9.82. The maximum atomic E-state index is 14.5. The van der Waals surface area contributed by atoms with Gasteiger partial charge in [0, 0.05) is 29.2 Å². The molecule has 6 rings (SSSR count). The summed E-state index contributed by atoms with van der Waals surface area (Å²) in [4.78, 5) is 30.0. The van der Waals surface area contributed by atoms with E-state index in [4.69, 9.17) is 72.2 Å². The summed E-state index contributed by atoms with van der Waals surface area (Å²) in [6.07, 6.45) is 1.97. The quantitative estimate of drug-likeness (QED) is 0.148. The Kier molecular flexibility index (Phi) is 13.1. The number of alkyl halides is 3. The van der Waals surface area contributed by atoms with E-state index in [1.807, 2.05) is 74.5 Å². The molecule has 0 radical (unpaired) electrons. The third-order valence-electron chi connectivity index (χ3n) is 10.1. The molecule has 2 atom stereocenters. The number of piperazine rings is 1. The number of rotatable bonds is 11. The molecule has 2 bridgehead atoms. The van der Waals surface area contributed by atoms with Crippen LogP contribution in [0.25, 0.3) is 5.57 Å². The second-order valence-electron chi connectivity index (χ2n) is 14.3. The van der Waals surface area contributed by atoms with Gasteiger partial charge < -0.3 is 24.8 Å². The van der Waals surface area contributed by atoms with Crippen LogP contribution in [0.5, 0.6) is 11.5 Å². The second kappa shape index (κ2) is 16.7. The number of carbonyl (C=O) groups excluding carboxylic acids is 2. The molecular weight excluding hydrogens is 803 g/mol. The van der Waals surface area contributed by atoms with Gasteiger partial charge in [-0.1, -0.05) is 88.3 Å². The molecule has 2 amide bonds. The summed E-state index contributed by atoms with van der Waals surface area (Å²) < 4.78 is 15.8. The van der Waals surface area contributed by atoms with Crippen molar-refractivity contribution in [2.24, 2.45) is 0 Å². The lowest BCUT2D eigenvalue weighted by Gasteiger charge is -2.48. The zero-order valence-electron chi connectivity index (χ0n) is 29.9. The summed E-state index contributed by atoms with van der Waals surface area (Å²) in [5.41, 5.74) is 3.50. The summed E-state index contributed by atoms with van der Waals surface area (Å²) >= 11 is 31.4. The third kappa shape index (κ3) is 9.46. The maximum Gasteiger partial charge on any atom is 0.411 e. The molecule has 1 saturated carbocycles. The van der Waals surface area contributed by atoms with E-state index in [0.29, 0.717) is 66.3 Å². The van der Waals surface area contributed by atoms with Crippen molar-refractivity contribution in [2.45, 2.75) is 80.4 Å². The van der Waals surface area contributed by atoms with E-state index >= 15 is 0 Å². The number of ether oxygens (including phenoxy) is 3. The van der Waals surface area contributed by atoms with Crippen LogP contribution in [0.3, 0.4) is 0 Å². The van der Waals surface area contributed by atoms with E-state index in [-0.39, 0.29) is 24.4 Å². The summed E-state index contributed by atoms with van der Waals surface area (Å²) in [6.45, 7) is 8.57. The van der Waals surface area contributed by atoms with Gasteiger partial charge in [-0.05, 0) is 112 Å². The first kappa shape index (κ1) is 41.6. The molecule has 53 heavy (non-hydrogen) atoms. The van der Waals surface area contributed by atoms with E-state index < -0.39 is 27.1 Å². The molecule has 8 nitrogen and oxygen atoms in total. The number of nitrogens with one attached hydrogen (secondary N) is 2. The lowest BCUT2D eigenvalue weighted by molar-refractivity contribution is -0.119. The Hall–Kier alpha value is -2.56. The number of halogens is 6. The molecule has 3 aromatic rings. The molecule has 1 unspecified atom stereocenters. The molecule has 14 heteroatoms. The summed E-state index contributed by atoms with van der Waals surface area (Å²) in [6, 6.07) is 18.2. The third-order valence-corrected chi connectivity index (χ3v) is 12.1. The number of fused-ring (bicyclic) bond motifs is 2. The highest BCUT2D eigenvalue weighted by atomic mass is 35.6. The summed E-state index contributed by atoms with van der Waals surface area (Å²) in [5, 5.41) is 7.97. The monoisotopic (exact) mass is 843 g/mol. The Bertz CT molecular complexity index is 1860. The first-order chi connectivity index (χ1) is 24.6. The van der Waals surface area contributed by atoms with E-state index in [2.05, 4.69) is 10.6 Å². The number of hydrogen-bond donors (Lipinski definition) is 2. The van der Waals surface area contributed by atoms with Crippen LogP contribution in [0.2, 0.25) is 10.0 Å². The molecule has 0 spiro atoms. The van der Waals surface area contributed by atoms with Gasteiger partial charge in [-0.15, -0.1) is 12.4 Å². The normalized spacial score (nSPS) is 19.2. The van der Waals surface area contributed by atoms with Crippen molar-refractivity contribution in [1.82, 2.24) is 15.5 Å². The van der Waals surface area contributed by atoms with Crippen LogP contribution in [-0.4, -0.2) is 70.2 Å². The van der Waals surface area contributed by atoms with Gasteiger partial charge in [0.15, 0.2) is 5.60 Å². The predicted molar refractivity (Wildman–Crippen MR) is 216 cm³/mol. The van der Waals surface area contributed by atoms with E-state index in [0.717, 1.165) is 40.7 Å². The SMILES string of the molecule is Cc1cc(Cl)c(OCCOc2ccc(C3=C(C(=O)NC4(Cc5ccccc5Cl)CC4)[C@H]4CNCC(C3)N4C(=O)OC(C)(C)C(Cl)(Cl)Cl)cc2)cc1C.Cl. The number of carbonyl (C=O) groups is 2. The Morgan fingerprint density at radius 3 is 2.25 bits per heavy atom. The highest BCUT2D eigenvalue weighted by molar-refractivity contribution is 6.68. The highest BCUT2D eigenvalue weighted by Crippen LogP contribution is 2.44. The minimum absolute atomic E-state index is 0. The molecule has 2 N–H and O–H groups in total. The van der Waals surface area contributed by atoms with E-state index in [1.54, 1.807) is 18.7 Å². The van der Waals surface area contributed by atoms with Gasteiger partial charge >= 0.3 is 6.09 Å². The van der Waals surface area contributed by atoms with Crippen LogP contribution in [0.4, 0.5) is 4.79 Å². The van der Waals surface area contributed by atoms with Gasteiger partial charge in [-0.3, -0.25) is 9.69 Å². The number of benzene rings is 3. The van der Waals surface area contributed by atoms with Gasteiger partial charge in [0.25, 0.3) is 0 Å². The largest absolute Gasteiger partial charge is 0.490 e. The highest BCUT2D eigenvalue weighted by Gasteiger charge is 2.51. The van der Waals surface area contributed by atoms with Crippen LogP contribution in [0, 0.1) is 13.8 Å². The predicted octanol–water partition coefficient (Wildman–Crippen LogP) is 9.47. The molecule has 0 aromatic heterocycles. The fourth-order valence-electron chi connectivity index (χ4n) is 6.70. The van der Waals surface area contributed by atoms with Crippen molar-refractivity contribution in [3.63, 3.8) is 0 Å². The Morgan fingerprint density at radius 2 is 1.58 bits per heavy atom. The first-order valence-electron chi connectivity index (χ1n) is 17.3. The summed E-state index contributed by atoms with van der Waals surface area (Å²) in [5.74, 6) is 1.03. The number of amides is 2. The van der Waals surface area contributed by atoms with Crippen molar-refractivity contribution in [3.05, 3.63) is 98.5 Å². The van der Waals surface area contributed by atoms with Crippen molar-refractivity contribution in [3.8, 4) is 11.5 Å². The molecule has 286 valence electrons. The van der Waals surface area contributed by atoms with Crippen molar-refractivity contribution < 1.29 is 23.8 Å². The van der Waals surface area contributed by atoms with Crippen LogP contribution in [-0.2, 0) is 16.0 Å². The van der Waals surface area contributed by atoms with E-state index in [9.17, 15) is 9.59 Å². The summed E-state index contributed by atoms with van der Waals surface area (Å²) in [7, 11) is 0. The Morgan fingerprint density at radius 1 is 0.925 bits per heavy atom. The molecule has 1 aliphatic carbocycles. The molecular formula is C39H43Cl6N3O5. The van der Waals surface area contributed by atoms with Gasteiger partial charge in [0.05, 0.1) is 17.1 Å². The Balaban J connectivity index is 0.00000541. The second-order valence-corrected chi connectivity index (χ2v) is 17.4. The minimum Gasteiger partial charge on any atom is -0.490 e. The fraction of sp³-hybridized carbons (Fsp3) is 0.436. The molecule has 2 fully saturated rings. The van der Waals surface area contributed by atoms with Crippen LogP contribution in [0.15, 0.2) is 66.2 Å². The average Bonchev–Trinajstić information content (AvgIpc) is 3.83. The first-order valence-corrected chi connectivity index (χ1v) is 19.2. The van der Waals surface area contributed by atoms with Gasteiger partial charge in [0.2, 0.25) is 9.70 Å². The number of aryl methyl sites for hydroxylation is 2. The smallest absolute Gasteiger partial charge is 0.411 e. The maximum absolute atomic E-state index is 14.5. The molecule has 2 heterocycles. The Labute approximate surface area is 342 Å². The van der Waals surface area contributed by atoms with Crippen LogP contribution in [0.1, 0.15) is 55.4 Å². The zero-order valence-corrected chi connectivity index (χ0v) is 34.5. The zero-order chi connectivity index (χ0) is 37.4. The number of hydrogen-bond acceptors (Lipinski definition) is 6. The molecule has 2 aliphatic heterocycles. The van der Waals surface area contributed by atoms with Gasteiger partial charge in [-0.2, -0.15) is 0 Å². The van der Waals surface area contributed by atoms with Crippen molar-refractivity contribution in [2.75, 3.05) is 26.3 Å². The average molecular weight is 847 g/mol. The van der Waals surface area contributed by atoms with Gasteiger partial charge in [0.1, 0.15) is 24.7 Å². The fourth-order valence-corrected chi connectivity index (χ4v) is 7.29. The van der Waals surface area contributed by atoms with Crippen LogP contribution < -0.4 is 20.1 Å². The van der Waals surface area contributed by atoms with Gasteiger partial charge in [-0.25, -0.2) is 4.79 Å². The van der Waals surface area contributed by atoms with E-state index in [1.165, 1.54) is 0 Å². The minimum atomic E-state index is -1.87. The van der Waals surface area contributed by atoms with Crippen molar-refractivity contribution in [1.29, 1.82) is 0 Å². The topological polar surface area (TPSA) is 89.1 Å². The molecule has 3 aromatic carbocycles. The number of nitrogens with zero attached hydrogens (tertiary/aromatic N) is 1. The lowest BCUT2D eigenvalue weighted by Crippen LogP contribution is -2.64. The molecule has 3 aliphatic rings. The van der Waals surface area contributed by atoms with Crippen molar-refractivity contribution >= 4 is 88.0 Å². The standard InChI is InChI=1S/C39H42Cl5N3O5.ClH/c1-23-17-31(41)33(18-24(23)2)51-16-15-50-28-11-9-25(10-12-28)29-19-27-21-45-22-32(47(27)36(49)52-37(3,4)39(42,43)44)34(29)35(48)46-38(13-14-38)20-26-7-5-6-8-30(26)40;/h5-12,17-18,27,32,45H,13-16,19-22H2,1-4H3,(H,46,48);1H/t27?,32-;/m1./s1.